The molecule has 51 heavy (non-hydrogen) atoms. The molecule has 0 fully saturated rings. The van der Waals surface area contributed by atoms with Crippen LogP contribution in [0.5, 0.6) is 0 Å². The maximum atomic E-state index is 13.8. The standard InChI is InChI=1S/C48H98N2O/c1-7-11-15-19-21-26-30-36-45-50(48(51)43-37-44-49(5)6)47(41-34-28-23-20-16-12-8-2)42-35-29-25-22-24-27-33-40-46(38-31-17-13-9-3)39-32-18-14-10-4/h46-47H,7-45H2,1-6H3. The van der Waals surface area contributed by atoms with Gasteiger partial charge in [-0.2, -0.15) is 0 Å². The minimum Gasteiger partial charge on any atom is -0.340 e. The van der Waals surface area contributed by atoms with Crippen molar-refractivity contribution in [1.82, 2.24) is 9.80 Å². The van der Waals surface area contributed by atoms with Crippen LogP contribution in [0.1, 0.15) is 265 Å². The van der Waals surface area contributed by atoms with Crippen molar-refractivity contribution in [2.24, 2.45) is 5.92 Å². The molecule has 0 heterocycles. The van der Waals surface area contributed by atoms with Crippen molar-refractivity contribution in [2.45, 2.75) is 271 Å². The van der Waals surface area contributed by atoms with Gasteiger partial charge in [0.05, 0.1) is 0 Å². The van der Waals surface area contributed by atoms with Crippen molar-refractivity contribution in [1.29, 1.82) is 0 Å². The number of hydrogen-bond donors (Lipinski definition) is 0. The summed E-state index contributed by atoms with van der Waals surface area (Å²) >= 11 is 0. The van der Waals surface area contributed by atoms with E-state index in [2.05, 4.69) is 51.6 Å². The second kappa shape index (κ2) is 40.6. The van der Waals surface area contributed by atoms with Crippen molar-refractivity contribution < 1.29 is 4.79 Å². The van der Waals surface area contributed by atoms with Gasteiger partial charge in [-0.25, -0.2) is 0 Å². The minimum absolute atomic E-state index is 0.446. The molecule has 0 bridgehead atoms. The topological polar surface area (TPSA) is 23.6 Å². The molecule has 0 saturated carbocycles. The fraction of sp³-hybridized carbons (Fsp3) is 0.979. The highest BCUT2D eigenvalue weighted by molar-refractivity contribution is 5.76. The van der Waals surface area contributed by atoms with E-state index < -0.39 is 0 Å². The summed E-state index contributed by atoms with van der Waals surface area (Å²) in [6.45, 7) is 11.3. The van der Waals surface area contributed by atoms with Crippen molar-refractivity contribution in [3.05, 3.63) is 0 Å². The molecule has 0 N–H and O–H groups in total. The van der Waals surface area contributed by atoms with Gasteiger partial charge in [0.2, 0.25) is 5.91 Å². The third kappa shape index (κ3) is 34.9. The first-order valence-electron chi connectivity index (χ1n) is 23.9. The van der Waals surface area contributed by atoms with Crippen LogP contribution in [0, 0.1) is 5.92 Å². The van der Waals surface area contributed by atoms with E-state index in [9.17, 15) is 4.79 Å². The Kier molecular flexibility index (Phi) is 40.2. The summed E-state index contributed by atoms with van der Waals surface area (Å²) in [5.41, 5.74) is 0. The predicted octanol–water partition coefficient (Wildman–Crippen LogP) is 15.9. The lowest BCUT2D eigenvalue weighted by atomic mass is 9.89. The molecule has 0 radical (unpaired) electrons. The Morgan fingerprint density at radius 2 is 0.686 bits per heavy atom. The Morgan fingerprint density at radius 3 is 1.06 bits per heavy atom. The SMILES string of the molecule is CCCCCCCCCCN(C(=O)CCCN(C)C)C(CCCCCCCCC)CCCCCCCCCC(CCCCCC)CCCCCC. The fourth-order valence-corrected chi connectivity index (χ4v) is 8.26. The number of unbranched alkanes of at least 4 members (excludes halogenated alkanes) is 25. The quantitative estimate of drug-likeness (QED) is 0.0587. The zero-order valence-electron chi connectivity index (χ0n) is 36.5. The molecule has 0 aromatic heterocycles. The molecule has 0 spiro atoms. The lowest BCUT2D eigenvalue weighted by molar-refractivity contribution is -0.134. The van der Waals surface area contributed by atoms with Crippen LogP contribution in [0.3, 0.4) is 0 Å². The van der Waals surface area contributed by atoms with Crippen molar-refractivity contribution in [3.63, 3.8) is 0 Å². The normalized spacial score (nSPS) is 12.4. The van der Waals surface area contributed by atoms with Gasteiger partial charge in [0.1, 0.15) is 0 Å². The molecule has 0 saturated heterocycles. The van der Waals surface area contributed by atoms with E-state index in [0.717, 1.165) is 31.8 Å². The van der Waals surface area contributed by atoms with Crippen LogP contribution in [0.25, 0.3) is 0 Å². The molecule has 3 heteroatoms. The van der Waals surface area contributed by atoms with E-state index in [1.165, 1.54) is 225 Å². The van der Waals surface area contributed by atoms with Gasteiger partial charge in [-0.3, -0.25) is 4.79 Å². The predicted molar refractivity (Wildman–Crippen MR) is 231 cm³/mol. The third-order valence-corrected chi connectivity index (χ3v) is 11.7. The molecule has 0 aliphatic heterocycles. The second-order valence-electron chi connectivity index (χ2n) is 17.1. The first-order chi connectivity index (χ1) is 25.0. The monoisotopic (exact) mass is 719 g/mol. The van der Waals surface area contributed by atoms with Gasteiger partial charge in [0.15, 0.2) is 0 Å². The first kappa shape index (κ1) is 50.4. The van der Waals surface area contributed by atoms with Crippen molar-refractivity contribution >= 4 is 5.91 Å². The average Bonchev–Trinajstić information content (AvgIpc) is 3.12. The summed E-state index contributed by atoms with van der Waals surface area (Å²) in [5, 5.41) is 0. The van der Waals surface area contributed by atoms with Crippen molar-refractivity contribution in [2.75, 3.05) is 27.2 Å². The minimum atomic E-state index is 0.446. The number of amides is 1. The van der Waals surface area contributed by atoms with Gasteiger partial charge in [-0.1, -0.05) is 233 Å². The van der Waals surface area contributed by atoms with Crippen LogP contribution in [-0.4, -0.2) is 48.9 Å². The first-order valence-corrected chi connectivity index (χ1v) is 23.9. The molecule has 1 amide bonds. The molecule has 1 unspecified atom stereocenters. The highest BCUT2D eigenvalue weighted by atomic mass is 16.2. The van der Waals surface area contributed by atoms with E-state index in [1.807, 2.05) is 0 Å². The van der Waals surface area contributed by atoms with Gasteiger partial charge in [-0.15, -0.1) is 0 Å². The highest BCUT2D eigenvalue weighted by Gasteiger charge is 2.23. The Bertz CT molecular complexity index is 666. The Balaban J connectivity index is 4.88. The van der Waals surface area contributed by atoms with E-state index in [1.54, 1.807) is 0 Å². The number of rotatable bonds is 42. The van der Waals surface area contributed by atoms with Crippen LogP contribution in [0.4, 0.5) is 0 Å². The van der Waals surface area contributed by atoms with Crippen LogP contribution in [-0.2, 0) is 4.79 Å². The molecule has 0 aliphatic carbocycles. The largest absolute Gasteiger partial charge is 0.340 e. The molecule has 306 valence electrons. The molecule has 0 rings (SSSR count). The molecular weight excluding hydrogens is 621 g/mol. The molecule has 0 aliphatic rings. The smallest absolute Gasteiger partial charge is 0.222 e. The van der Waals surface area contributed by atoms with E-state index in [0.29, 0.717) is 11.9 Å². The number of hydrogen-bond acceptors (Lipinski definition) is 2. The van der Waals surface area contributed by atoms with Crippen LogP contribution in [0.15, 0.2) is 0 Å². The zero-order chi connectivity index (χ0) is 37.5. The lowest BCUT2D eigenvalue weighted by Gasteiger charge is -2.33. The van der Waals surface area contributed by atoms with Gasteiger partial charge in [-0.05, 0) is 52.2 Å². The molecule has 3 nitrogen and oxygen atoms in total. The third-order valence-electron chi connectivity index (χ3n) is 11.7. The van der Waals surface area contributed by atoms with E-state index in [-0.39, 0.29) is 0 Å². The molecular formula is C48H98N2O. The second-order valence-corrected chi connectivity index (χ2v) is 17.1. The summed E-state index contributed by atoms with van der Waals surface area (Å²) in [6.07, 6.45) is 50.0. The zero-order valence-corrected chi connectivity index (χ0v) is 36.5. The summed E-state index contributed by atoms with van der Waals surface area (Å²) in [7, 11) is 4.27. The van der Waals surface area contributed by atoms with E-state index in [4.69, 9.17) is 0 Å². The van der Waals surface area contributed by atoms with Gasteiger partial charge >= 0.3 is 0 Å². The maximum Gasteiger partial charge on any atom is 0.222 e. The molecule has 0 aromatic rings. The van der Waals surface area contributed by atoms with Gasteiger partial charge in [0.25, 0.3) is 0 Å². The summed E-state index contributed by atoms with van der Waals surface area (Å²) in [4.78, 5) is 18.4. The Labute approximate surface area is 324 Å². The molecule has 1 atom stereocenters. The van der Waals surface area contributed by atoms with Crippen LogP contribution < -0.4 is 0 Å². The lowest BCUT2D eigenvalue weighted by Crippen LogP contribution is -2.41. The van der Waals surface area contributed by atoms with Gasteiger partial charge in [0, 0.05) is 19.0 Å². The maximum absolute atomic E-state index is 13.8. The van der Waals surface area contributed by atoms with Gasteiger partial charge < -0.3 is 9.80 Å². The summed E-state index contributed by atoms with van der Waals surface area (Å²) in [5.74, 6) is 1.44. The van der Waals surface area contributed by atoms with Crippen molar-refractivity contribution in [3.8, 4) is 0 Å². The van der Waals surface area contributed by atoms with Crippen LogP contribution >= 0.6 is 0 Å². The average molecular weight is 719 g/mol. The Morgan fingerprint density at radius 1 is 0.373 bits per heavy atom. The molecule has 0 aromatic carbocycles. The Hall–Kier alpha value is -0.570. The summed E-state index contributed by atoms with van der Waals surface area (Å²) < 4.78 is 0. The fourth-order valence-electron chi connectivity index (χ4n) is 8.26. The number of carbonyl (C=O) groups excluding carboxylic acids is 1. The highest BCUT2D eigenvalue weighted by Crippen LogP contribution is 2.25. The van der Waals surface area contributed by atoms with E-state index >= 15 is 0 Å². The van der Waals surface area contributed by atoms with Crippen LogP contribution in [0.2, 0.25) is 0 Å². The summed E-state index contributed by atoms with van der Waals surface area (Å²) in [6, 6.07) is 0.462. The number of nitrogens with zero attached hydrogens (tertiary/aromatic N) is 2. The number of carbonyl (C=O) groups is 1.